The van der Waals surface area contributed by atoms with E-state index in [1.807, 2.05) is 13.8 Å². The van der Waals surface area contributed by atoms with E-state index in [-0.39, 0.29) is 18.2 Å². The zero-order valence-electron chi connectivity index (χ0n) is 10.2. The zero-order chi connectivity index (χ0) is 12.6. The van der Waals surface area contributed by atoms with Crippen LogP contribution in [0.3, 0.4) is 0 Å². The van der Waals surface area contributed by atoms with Crippen molar-refractivity contribution in [2.45, 2.75) is 32.7 Å². The number of carbonyl (C=O) groups is 1. The Kier molecular flexibility index (Phi) is 7.33. The maximum Gasteiger partial charge on any atom is 0.233 e. The van der Waals surface area contributed by atoms with Crippen molar-refractivity contribution in [2.75, 3.05) is 25.1 Å². The summed E-state index contributed by atoms with van der Waals surface area (Å²) in [5.41, 5.74) is 0. The van der Waals surface area contributed by atoms with Crippen molar-refractivity contribution in [2.24, 2.45) is 0 Å². The molecule has 1 amide bonds. The maximum atomic E-state index is 11.3. The highest BCUT2D eigenvalue weighted by Gasteiger charge is 2.04. The smallest absolute Gasteiger partial charge is 0.233 e. The predicted molar refractivity (Wildman–Crippen MR) is 65.1 cm³/mol. The summed E-state index contributed by atoms with van der Waals surface area (Å²) in [4.78, 5) is 11.3. The first-order valence-electron chi connectivity index (χ1n) is 5.53. The van der Waals surface area contributed by atoms with E-state index in [0.717, 1.165) is 6.42 Å². The summed E-state index contributed by atoms with van der Waals surface area (Å²) < 4.78 is 21.6. The Morgan fingerprint density at radius 1 is 1.38 bits per heavy atom. The van der Waals surface area contributed by atoms with Crippen LogP contribution in [0.15, 0.2) is 0 Å². The lowest BCUT2D eigenvalue weighted by molar-refractivity contribution is -0.120. The van der Waals surface area contributed by atoms with Gasteiger partial charge in [-0.15, -0.1) is 0 Å². The van der Waals surface area contributed by atoms with Crippen LogP contribution in [0.5, 0.6) is 0 Å². The van der Waals surface area contributed by atoms with Crippen LogP contribution in [-0.2, 0) is 14.6 Å². The number of rotatable bonds is 8. The molecule has 0 rings (SSSR count). The Morgan fingerprint density at radius 3 is 2.50 bits per heavy atom. The van der Waals surface area contributed by atoms with Crippen LogP contribution in [0.2, 0.25) is 0 Å². The quantitative estimate of drug-likeness (QED) is 0.591. The normalized spacial score (nSPS) is 13.4. The fourth-order valence-corrected chi connectivity index (χ4v) is 1.70. The minimum atomic E-state index is -2.92. The highest BCUT2D eigenvalue weighted by Crippen LogP contribution is 1.88. The van der Waals surface area contributed by atoms with Gasteiger partial charge in [-0.1, -0.05) is 6.92 Å². The van der Waals surface area contributed by atoms with Crippen LogP contribution in [0.1, 0.15) is 26.7 Å². The molecule has 96 valence electrons. The van der Waals surface area contributed by atoms with E-state index in [4.69, 9.17) is 0 Å². The Bertz CT molecular complexity index is 301. The molecule has 0 saturated carbocycles. The van der Waals surface area contributed by atoms with Crippen molar-refractivity contribution in [1.29, 1.82) is 0 Å². The minimum absolute atomic E-state index is 0.0891. The van der Waals surface area contributed by atoms with Crippen LogP contribution < -0.4 is 10.6 Å². The van der Waals surface area contributed by atoms with Crippen LogP contribution in [0, 0.1) is 0 Å². The fourth-order valence-electron chi connectivity index (χ4n) is 1.04. The molecule has 0 aliphatic heterocycles. The van der Waals surface area contributed by atoms with Crippen LogP contribution in [0.4, 0.5) is 0 Å². The van der Waals surface area contributed by atoms with Gasteiger partial charge in [-0.25, -0.2) is 8.42 Å². The average molecular weight is 250 g/mol. The lowest BCUT2D eigenvalue weighted by atomic mass is 10.2. The van der Waals surface area contributed by atoms with Gasteiger partial charge in [0.15, 0.2) is 0 Å². The predicted octanol–water partition coefficient (Wildman–Crippen LogP) is -0.0746. The first-order chi connectivity index (χ1) is 7.35. The molecule has 1 atom stereocenters. The second-order valence-electron chi connectivity index (χ2n) is 4.02. The third kappa shape index (κ3) is 9.92. The maximum absolute atomic E-state index is 11.3. The number of sulfone groups is 1. The number of hydrogen-bond donors (Lipinski definition) is 2. The summed E-state index contributed by atoms with van der Waals surface area (Å²) in [5.74, 6) is 0.0281. The number of hydrogen-bond acceptors (Lipinski definition) is 4. The topological polar surface area (TPSA) is 75.3 Å². The summed E-state index contributed by atoms with van der Waals surface area (Å²) in [6.07, 6.45) is 2.63. The molecule has 0 fully saturated rings. The van der Waals surface area contributed by atoms with E-state index in [1.54, 1.807) is 0 Å². The Labute approximate surface area is 97.9 Å². The highest BCUT2D eigenvalue weighted by atomic mass is 32.2. The van der Waals surface area contributed by atoms with E-state index in [0.29, 0.717) is 19.0 Å². The van der Waals surface area contributed by atoms with Crippen molar-refractivity contribution in [3.8, 4) is 0 Å². The lowest BCUT2D eigenvalue weighted by Gasteiger charge is -2.10. The molecule has 0 aliphatic rings. The molecule has 0 saturated heterocycles. The molecule has 0 aliphatic carbocycles. The Morgan fingerprint density at radius 2 is 2.00 bits per heavy atom. The molecule has 0 heterocycles. The van der Waals surface area contributed by atoms with Gasteiger partial charge in [0.05, 0.1) is 12.3 Å². The van der Waals surface area contributed by atoms with Gasteiger partial charge < -0.3 is 10.6 Å². The van der Waals surface area contributed by atoms with E-state index in [9.17, 15) is 13.2 Å². The van der Waals surface area contributed by atoms with E-state index in [2.05, 4.69) is 10.6 Å². The largest absolute Gasteiger partial charge is 0.355 e. The summed E-state index contributed by atoms with van der Waals surface area (Å²) in [6.45, 7) is 4.75. The molecule has 2 N–H and O–H groups in total. The zero-order valence-corrected chi connectivity index (χ0v) is 11.1. The van der Waals surface area contributed by atoms with Crippen molar-refractivity contribution in [3.63, 3.8) is 0 Å². The second-order valence-corrected chi connectivity index (χ2v) is 6.28. The summed E-state index contributed by atoms with van der Waals surface area (Å²) in [7, 11) is -2.92. The lowest BCUT2D eigenvalue weighted by Crippen LogP contribution is -2.38. The van der Waals surface area contributed by atoms with Crippen molar-refractivity contribution < 1.29 is 13.2 Å². The molecule has 6 heteroatoms. The van der Waals surface area contributed by atoms with E-state index in [1.165, 1.54) is 6.26 Å². The third-order valence-corrected chi connectivity index (χ3v) is 3.27. The minimum Gasteiger partial charge on any atom is -0.355 e. The van der Waals surface area contributed by atoms with Crippen LogP contribution in [-0.4, -0.2) is 45.5 Å². The molecule has 16 heavy (non-hydrogen) atoms. The van der Waals surface area contributed by atoms with Gasteiger partial charge in [-0.2, -0.15) is 0 Å². The van der Waals surface area contributed by atoms with Gasteiger partial charge in [-0.3, -0.25) is 4.79 Å². The molecule has 0 bridgehead atoms. The molecule has 0 aromatic carbocycles. The standard InChI is InChI=1S/C10H22N2O3S/c1-4-9(2)12-8-10(13)11-6-5-7-16(3,14)15/h9,12H,4-8H2,1-3H3,(H,11,13). The second kappa shape index (κ2) is 7.62. The van der Waals surface area contributed by atoms with E-state index >= 15 is 0 Å². The highest BCUT2D eigenvalue weighted by molar-refractivity contribution is 7.90. The van der Waals surface area contributed by atoms with Gasteiger partial charge in [0.1, 0.15) is 9.84 Å². The molecular weight excluding hydrogens is 228 g/mol. The van der Waals surface area contributed by atoms with Gasteiger partial charge >= 0.3 is 0 Å². The molecular formula is C10H22N2O3S. The van der Waals surface area contributed by atoms with Gasteiger partial charge in [0, 0.05) is 18.8 Å². The van der Waals surface area contributed by atoms with E-state index < -0.39 is 9.84 Å². The van der Waals surface area contributed by atoms with Crippen LogP contribution in [0.25, 0.3) is 0 Å². The number of nitrogens with one attached hydrogen (secondary N) is 2. The molecule has 5 nitrogen and oxygen atoms in total. The van der Waals surface area contributed by atoms with Crippen molar-refractivity contribution in [3.05, 3.63) is 0 Å². The third-order valence-electron chi connectivity index (χ3n) is 2.24. The van der Waals surface area contributed by atoms with Gasteiger partial charge in [0.25, 0.3) is 0 Å². The van der Waals surface area contributed by atoms with Crippen molar-refractivity contribution in [1.82, 2.24) is 10.6 Å². The molecule has 1 unspecified atom stereocenters. The molecule has 0 aromatic heterocycles. The Balaban J connectivity index is 3.52. The summed E-state index contributed by atoms with van der Waals surface area (Å²) in [5, 5.41) is 5.73. The fraction of sp³-hybridized carbons (Fsp3) is 0.900. The monoisotopic (exact) mass is 250 g/mol. The first-order valence-corrected chi connectivity index (χ1v) is 7.59. The first kappa shape index (κ1) is 15.4. The van der Waals surface area contributed by atoms with Gasteiger partial charge in [0.2, 0.25) is 5.91 Å². The Hall–Kier alpha value is -0.620. The average Bonchev–Trinajstić information content (AvgIpc) is 2.19. The van der Waals surface area contributed by atoms with Crippen LogP contribution >= 0.6 is 0 Å². The molecule has 0 spiro atoms. The summed E-state index contributed by atoms with van der Waals surface area (Å²) in [6, 6.07) is 0.321. The number of carbonyl (C=O) groups excluding carboxylic acids is 1. The summed E-state index contributed by atoms with van der Waals surface area (Å²) >= 11 is 0. The molecule has 0 radical (unpaired) electrons. The number of amides is 1. The van der Waals surface area contributed by atoms with Crippen molar-refractivity contribution >= 4 is 15.7 Å². The van der Waals surface area contributed by atoms with Gasteiger partial charge in [-0.05, 0) is 19.8 Å². The SMILES string of the molecule is CCC(C)NCC(=O)NCCCS(C)(=O)=O. The molecule has 0 aromatic rings.